The molecule has 0 saturated heterocycles. The number of halogens is 3. The zero-order valence-electron chi connectivity index (χ0n) is 10.3. The summed E-state index contributed by atoms with van der Waals surface area (Å²) < 4.78 is 44.8. The number of nitrogens with one attached hydrogen (secondary N) is 1. The molecule has 0 atom stereocenters. The molecule has 0 radical (unpaired) electrons. The molecule has 0 aliphatic heterocycles. The van der Waals surface area contributed by atoms with Gasteiger partial charge >= 0.3 is 6.36 Å². The van der Waals surface area contributed by atoms with Crippen LogP contribution in [0, 0.1) is 6.92 Å². The number of anilines is 1. The van der Waals surface area contributed by atoms with Crippen LogP contribution in [0.15, 0.2) is 40.8 Å². The number of benzene rings is 1. The Morgan fingerprint density at radius 3 is 2.30 bits per heavy atom. The molecule has 1 aromatic carbocycles. The molecule has 106 valence electrons. The highest BCUT2D eigenvalue weighted by atomic mass is 19.4. The van der Waals surface area contributed by atoms with Crippen molar-refractivity contribution in [1.29, 1.82) is 0 Å². The number of furan rings is 1. The highest BCUT2D eigenvalue weighted by Gasteiger charge is 2.30. The van der Waals surface area contributed by atoms with Gasteiger partial charge in [-0.2, -0.15) is 0 Å². The fraction of sp³-hybridized carbons (Fsp3) is 0.154. The van der Waals surface area contributed by atoms with Crippen molar-refractivity contribution in [2.24, 2.45) is 0 Å². The number of alkyl halides is 3. The van der Waals surface area contributed by atoms with Crippen molar-refractivity contribution in [3.63, 3.8) is 0 Å². The third kappa shape index (κ3) is 3.78. The van der Waals surface area contributed by atoms with Gasteiger partial charge in [-0.15, -0.1) is 13.2 Å². The van der Waals surface area contributed by atoms with E-state index < -0.39 is 12.3 Å². The molecule has 2 rings (SSSR count). The zero-order chi connectivity index (χ0) is 14.8. The first-order valence-electron chi connectivity index (χ1n) is 5.57. The summed E-state index contributed by atoms with van der Waals surface area (Å²) in [5.41, 5.74) is 0.332. The van der Waals surface area contributed by atoms with Crippen LogP contribution in [0.2, 0.25) is 0 Å². The molecular formula is C13H10F3NO3. The van der Waals surface area contributed by atoms with Gasteiger partial charge in [0.25, 0.3) is 5.91 Å². The number of aryl methyl sites for hydroxylation is 1. The van der Waals surface area contributed by atoms with E-state index in [1.807, 2.05) is 0 Å². The van der Waals surface area contributed by atoms with Gasteiger partial charge in [0.15, 0.2) is 5.76 Å². The van der Waals surface area contributed by atoms with Crippen molar-refractivity contribution in [3.8, 4) is 5.75 Å². The lowest BCUT2D eigenvalue weighted by atomic mass is 10.3. The highest BCUT2D eigenvalue weighted by molar-refractivity contribution is 6.02. The van der Waals surface area contributed by atoms with E-state index in [1.54, 1.807) is 13.0 Å². The molecule has 0 spiro atoms. The third-order valence-corrected chi connectivity index (χ3v) is 2.31. The van der Waals surface area contributed by atoms with E-state index >= 15 is 0 Å². The number of hydrogen-bond donors (Lipinski definition) is 1. The summed E-state index contributed by atoms with van der Waals surface area (Å²) in [7, 11) is 0. The van der Waals surface area contributed by atoms with E-state index in [4.69, 9.17) is 4.42 Å². The molecule has 0 aliphatic carbocycles. The van der Waals surface area contributed by atoms with E-state index in [9.17, 15) is 18.0 Å². The van der Waals surface area contributed by atoms with Crippen LogP contribution in [0.3, 0.4) is 0 Å². The van der Waals surface area contributed by atoms with Gasteiger partial charge < -0.3 is 14.5 Å². The second-order valence-corrected chi connectivity index (χ2v) is 3.94. The molecule has 20 heavy (non-hydrogen) atoms. The molecule has 0 bridgehead atoms. The summed E-state index contributed by atoms with van der Waals surface area (Å²) in [5.74, 6) is -0.130. The van der Waals surface area contributed by atoms with E-state index in [0.717, 1.165) is 12.1 Å². The van der Waals surface area contributed by atoms with Crippen molar-refractivity contribution in [2.45, 2.75) is 13.3 Å². The molecule has 1 N–H and O–H groups in total. The van der Waals surface area contributed by atoms with Crippen LogP contribution in [-0.2, 0) is 0 Å². The summed E-state index contributed by atoms with van der Waals surface area (Å²) >= 11 is 0. The quantitative estimate of drug-likeness (QED) is 0.934. The Kier molecular flexibility index (Phi) is 3.69. The minimum atomic E-state index is -4.74. The topological polar surface area (TPSA) is 51.5 Å². The smallest absolute Gasteiger partial charge is 0.456 e. The molecule has 0 fully saturated rings. The molecule has 1 amide bonds. The molecule has 0 unspecified atom stereocenters. The monoisotopic (exact) mass is 285 g/mol. The highest BCUT2D eigenvalue weighted by Crippen LogP contribution is 2.24. The maximum Gasteiger partial charge on any atom is 0.573 e. The Morgan fingerprint density at radius 1 is 1.15 bits per heavy atom. The average Bonchev–Trinajstić information content (AvgIpc) is 2.77. The van der Waals surface area contributed by atoms with Gasteiger partial charge in [0.05, 0.1) is 0 Å². The number of carbonyl (C=O) groups is 1. The van der Waals surface area contributed by atoms with Gasteiger partial charge in [0, 0.05) is 5.69 Å². The van der Waals surface area contributed by atoms with Crippen LogP contribution < -0.4 is 10.1 Å². The molecule has 2 aromatic rings. The SMILES string of the molecule is Cc1ccc(C(=O)Nc2ccc(OC(F)(F)F)cc2)o1. The van der Waals surface area contributed by atoms with Gasteiger partial charge in [-0.1, -0.05) is 0 Å². The molecule has 1 aromatic heterocycles. The normalized spacial score (nSPS) is 11.2. The first kappa shape index (κ1) is 14.0. The van der Waals surface area contributed by atoms with Crippen LogP contribution in [0.25, 0.3) is 0 Å². The van der Waals surface area contributed by atoms with Crippen LogP contribution in [0.5, 0.6) is 5.75 Å². The summed E-state index contributed by atoms with van der Waals surface area (Å²) in [5, 5.41) is 2.49. The zero-order valence-corrected chi connectivity index (χ0v) is 10.3. The van der Waals surface area contributed by atoms with Crippen LogP contribution in [0.1, 0.15) is 16.3 Å². The second-order valence-electron chi connectivity index (χ2n) is 3.94. The summed E-state index contributed by atoms with van der Waals surface area (Å²) in [6.45, 7) is 1.69. The number of amides is 1. The Morgan fingerprint density at radius 2 is 1.80 bits per heavy atom. The molecule has 0 aliphatic rings. The summed E-state index contributed by atoms with van der Waals surface area (Å²) in [6, 6.07) is 7.96. The van der Waals surface area contributed by atoms with Gasteiger partial charge in [-0.3, -0.25) is 4.79 Å². The Bertz CT molecular complexity index is 602. The van der Waals surface area contributed by atoms with Gasteiger partial charge in [0.1, 0.15) is 11.5 Å². The summed E-state index contributed by atoms with van der Waals surface area (Å²) in [4.78, 5) is 11.7. The number of hydrogen-bond acceptors (Lipinski definition) is 3. The number of rotatable bonds is 3. The maximum atomic E-state index is 12.0. The molecule has 4 nitrogen and oxygen atoms in total. The standard InChI is InChI=1S/C13H10F3NO3/c1-8-2-7-11(19-8)12(18)17-9-3-5-10(6-4-9)20-13(14,15)16/h2-7H,1H3,(H,17,18). The lowest BCUT2D eigenvalue weighted by Gasteiger charge is -2.09. The predicted octanol–water partition coefficient (Wildman–Crippen LogP) is 3.74. The van der Waals surface area contributed by atoms with Gasteiger partial charge in [-0.25, -0.2) is 0 Å². The number of ether oxygens (including phenoxy) is 1. The predicted molar refractivity (Wildman–Crippen MR) is 64.5 cm³/mol. The second kappa shape index (κ2) is 5.28. The Balaban J connectivity index is 2.02. The molecule has 7 heteroatoms. The number of carbonyl (C=O) groups excluding carboxylic acids is 1. The van der Waals surface area contributed by atoms with E-state index in [0.29, 0.717) is 11.4 Å². The maximum absolute atomic E-state index is 12.0. The minimum Gasteiger partial charge on any atom is -0.456 e. The Hall–Kier alpha value is -2.44. The van der Waals surface area contributed by atoms with Crippen LogP contribution in [0.4, 0.5) is 18.9 Å². The van der Waals surface area contributed by atoms with Crippen molar-refractivity contribution in [2.75, 3.05) is 5.32 Å². The van der Waals surface area contributed by atoms with E-state index in [2.05, 4.69) is 10.1 Å². The van der Waals surface area contributed by atoms with Gasteiger partial charge in [-0.05, 0) is 43.3 Å². The Labute approximate surface area is 112 Å². The van der Waals surface area contributed by atoms with Crippen molar-refractivity contribution in [3.05, 3.63) is 47.9 Å². The van der Waals surface area contributed by atoms with Crippen molar-refractivity contribution >= 4 is 11.6 Å². The molecular weight excluding hydrogens is 275 g/mol. The lowest BCUT2D eigenvalue weighted by Crippen LogP contribution is -2.17. The van der Waals surface area contributed by atoms with Crippen molar-refractivity contribution in [1.82, 2.24) is 0 Å². The average molecular weight is 285 g/mol. The summed E-state index contributed by atoms with van der Waals surface area (Å²) in [6.07, 6.45) is -4.74. The van der Waals surface area contributed by atoms with E-state index in [1.165, 1.54) is 18.2 Å². The van der Waals surface area contributed by atoms with Crippen LogP contribution in [-0.4, -0.2) is 12.3 Å². The fourth-order valence-electron chi connectivity index (χ4n) is 1.49. The first-order valence-corrected chi connectivity index (χ1v) is 5.57. The van der Waals surface area contributed by atoms with E-state index in [-0.39, 0.29) is 11.5 Å². The lowest BCUT2D eigenvalue weighted by molar-refractivity contribution is -0.274. The fourth-order valence-corrected chi connectivity index (χ4v) is 1.49. The largest absolute Gasteiger partial charge is 0.573 e. The minimum absolute atomic E-state index is 0.123. The molecule has 1 heterocycles. The molecule has 0 saturated carbocycles. The van der Waals surface area contributed by atoms with Gasteiger partial charge in [0.2, 0.25) is 0 Å². The third-order valence-electron chi connectivity index (χ3n) is 2.31. The van der Waals surface area contributed by atoms with Crippen LogP contribution >= 0.6 is 0 Å². The first-order chi connectivity index (χ1) is 9.33. The van der Waals surface area contributed by atoms with Crippen molar-refractivity contribution < 1.29 is 27.1 Å².